The zero-order valence-corrected chi connectivity index (χ0v) is 15.9. The third-order valence-corrected chi connectivity index (χ3v) is 7.49. The molecule has 8 nitrogen and oxygen atoms in total. The summed E-state index contributed by atoms with van der Waals surface area (Å²) in [7, 11) is -2.09. The van der Waals surface area contributed by atoms with Crippen molar-refractivity contribution >= 4 is 33.0 Å². The molecular formula is C16H20N4O4S2. The molecule has 140 valence electrons. The van der Waals surface area contributed by atoms with Gasteiger partial charge >= 0.3 is 0 Å². The second-order valence-electron chi connectivity index (χ2n) is 6.12. The molecule has 2 aromatic heterocycles. The van der Waals surface area contributed by atoms with Gasteiger partial charge in [0.2, 0.25) is 5.91 Å². The second-order valence-corrected chi connectivity index (χ2v) is 9.34. The van der Waals surface area contributed by atoms with Crippen molar-refractivity contribution < 1.29 is 18.0 Å². The molecule has 1 fully saturated rings. The highest BCUT2D eigenvalue weighted by Gasteiger charge is 2.33. The number of thiophene rings is 1. The van der Waals surface area contributed by atoms with Crippen molar-refractivity contribution in [2.75, 3.05) is 25.9 Å². The Hall–Kier alpha value is -2.20. The van der Waals surface area contributed by atoms with Crippen LogP contribution < -0.4 is 5.32 Å². The summed E-state index contributed by atoms with van der Waals surface area (Å²) in [4.78, 5) is 26.6. The number of likely N-dealkylation sites (tertiary alicyclic amines) is 1. The zero-order chi connectivity index (χ0) is 18.7. The summed E-state index contributed by atoms with van der Waals surface area (Å²) in [5, 5.41) is 10.6. The highest BCUT2D eigenvalue weighted by atomic mass is 32.2. The number of hydrogen-bond acceptors (Lipinski definition) is 6. The molecule has 1 aliphatic heterocycles. The maximum atomic E-state index is 12.6. The number of nitrogens with zero attached hydrogens (tertiary/aromatic N) is 2. The minimum absolute atomic E-state index is 0.216. The van der Waals surface area contributed by atoms with Crippen molar-refractivity contribution in [2.45, 2.75) is 18.1 Å². The molecule has 0 spiro atoms. The van der Waals surface area contributed by atoms with Gasteiger partial charge in [-0.1, -0.05) is 6.07 Å². The maximum Gasteiger partial charge on any atom is 0.274 e. The minimum Gasteiger partial charge on any atom is -0.358 e. The molecule has 0 radical (unpaired) electrons. The molecule has 0 aliphatic carbocycles. The maximum absolute atomic E-state index is 12.6. The standard InChI is InChI=1S/C16H20N4O4S2/c1-17-15(21)10-26(23,24)11-4-6-20(7-5-11)16(22)13-9-12(18-19-13)14-3-2-8-25-14/h2-3,8-9,11H,4-7,10H2,1H3,(H,17,21)(H,18,19). The lowest BCUT2D eigenvalue weighted by molar-refractivity contribution is -0.118. The van der Waals surface area contributed by atoms with E-state index < -0.39 is 26.7 Å². The Balaban J connectivity index is 1.61. The van der Waals surface area contributed by atoms with Gasteiger partial charge in [0.05, 0.1) is 15.8 Å². The SMILES string of the molecule is CNC(=O)CS(=O)(=O)C1CCN(C(=O)c2cc(-c3cccs3)[nH]n2)CC1. The van der Waals surface area contributed by atoms with E-state index in [4.69, 9.17) is 0 Å². The molecule has 0 atom stereocenters. The van der Waals surface area contributed by atoms with E-state index in [0.29, 0.717) is 31.6 Å². The van der Waals surface area contributed by atoms with Crippen LogP contribution >= 0.6 is 11.3 Å². The smallest absolute Gasteiger partial charge is 0.274 e. The first kappa shape index (κ1) is 18.6. The van der Waals surface area contributed by atoms with Gasteiger partial charge in [-0.2, -0.15) is 5.10 Å². The average molecular weight is 396 g/mol. The lowest BCUT2D eigenvalue weighted by Crippen LogP contribution is -2.44. The predicted molar refractivity (Wildman–Crippen MR) is 98.7 cm³/mol. The van der Waals surface area contributed by atoms with Crippen molar-refractivity contribution in [3.05, 3.63) is 29.3 Å². The van der Waals surface area contributed by atoms with Crippen molar-refractivity contribution in [3.63, 3.8) is 0 Å². The second kappa shape index (κ2) is 7.58. The normalized spacial score (nSPS) is 15.8. The van der Waals surface area contributed by atoms with Crippen LogP contribution in [0.5, 0.6) is 0 Å². The summed E-state index contributed by atoms with van der Waals surface area (Å²) in [6.45, 7) is 0.662. The number of hydrogen-bond donors (Lipinski definition) is 2. The number of amides is 2. The van der Waals surface area contributed by atoms with E-state index in [9.17, 15) is 18.0 Å². The van der Waals surface area contributed by atoms with E-state index in [2.05, 4.69) is 15.5 Å². The monoisotopic (exact) mass is 396 g/mol. The van der Waals surface area contributed by atoms with E-state index in [1.165, 1.54) is 7.05 Å². The average Bonchev–Trinajstić information content (AvgIpc) is 3.32. The van der Waals surface area contributed by atoms with E-state index in [1.54, 1.807) is 22.3 Å². The fraction of sp³-hybridized carbons (Fsp3) is 0.438. The van der Waals surface area contributed by atoms with Gasteiger partial charge in [-0.05, 0) is 30.4 Å². The van der Waals surface area contributed by atoms with Crippen LogP contribution in [0.1, 0.15) is 23.3 Å². The molecule has 1 saturated heterocycles. The van der Waals surface area contributed by atoms with Gasteiger partial charge in [-0.25, -0.2) is 8.42 Å². The first-order valence-corrected chi connectivity index (χ1v) is 10.8. The van der Waals surface area contributed by atoms with Gasteiger partial charge in [0.15, 0.2) is 15.5 Å². The third-order valence-electron chi connectivity index (χ3n) is 4.43. The van der Waals surface area contributed by atoms with Crippen LogP contribution in [0, 0.1) is 0 Å². The van der Waals surface area contributed by atoms with Crippen LogP contribution in [0.25, 0.3) is 10.6 Å². The molecule has 1 aliphatic rings. The van der Waals surface area contributed by atoms with Crippen LogP contribution in [0.4, 0.5) is 0 Å². The Morgan fingerprint density at radius 3 is 2.73 bits per heavy atom. The summed E-state index contributed by atoms with van der Waals surface area (Å²) in [5.74, 6) is -1.24. The van der Waals surface area contributed by atoms with Crippen LogP contribution in [0.15, 0.2) is 23.6 Å². The molecule has 0 saturated carbocycles. The molecule has 2 amide bonds. The van der Waals surface area contributed by atoms with Crippen molar-refractivity contribution in [3.8, 4) is 10.6 Å². The largest absolute Gasteiger partial charge is 0.358 e. The number of carbonyl (C=O) groups is 2. The Kier molecular flexibility index (Phi) is 5.42. The van der Waals surface area contributed by atoms with Crippen LogP contribution in [-0.2, 0) is 14.6 Å². The number of piperidine rings is 1. The number of nitrogens with one attached hydrogen (secondary N) is 2. The summed E-state index contributed by atoms with van der Waals surface area (Å²) < 4.78 is 24.5. The van der Waals surface area contributed by atoms with Crippen LogP contribution in [-0.4, -0.2) is 66.5 Å². The number of sulfone groups is 1. The highest BCUT2D eigenvalue weighted by Crippen LogP contribution is 2.24. The molecule has 2 aromatic rings. The molecule has 26 heavy (non-hydrogen) atoms. The van der Waals surface area contributed by atoms with Gasteiger partial charge in [0, 0.05) is 20.1 Å². The first-order chi connectivity index (χ1) is 12.4. The summed E-state index contributed by atoms with van der Waals surface area (Å²) in [6.07, 6.45) is 0.653. The summed E-state index contributed by atoms with van der Waals surface area (Å²) in [5.41, 5.74) is 1.10. The van der Waals surface area contributed by atoms with Gasteiger partial charge in [-0.3, -0.25) is 14.7 Å². The Morgan fingerprint density at radius 1 is 1.38 bits per heavy atom. The molecular weight excluding hydrogens is 376 g/mol. The third kappa shape index (κ3) is 3.96. The highest BCUT2D eigenvalue weighted by molar-refractivity contribution is 7.92. The molecule has 0 aromatic carbocycles. The van der Waals surface area contributed by atoms with Crippen molar-refractivity contribution in [2.24, 2.45) is 0 Å². The number of H-pyrrole nitrogens is 1. The molecule has 2 N–H and O–H groups in total. The van der Waals surface area contributed by atoms with Crippen LogP contribution in [0.2, 0.25) is 0 Å². The fourth-order valence-electron chi connectivity index (χ4n) is 2.94. The van der Waals surface area contributed by atoms with Gasteiger partial charge in [-0.15, -0.1) is 11.3 Å². The lowest BCUT2D eigenvalue weighted by Gasteiger charge is -2.31. The molecule has 3 heterocycles. The molecule has 0 unspecified atom stereocenters. The Morgan fingerprint density at radius 2 is 2.12 bits per heavy atom. The summed E-state index contributed by atoms with van der Waals surface area (Å²) in [6, 6.07) is 5.57. The fourth-order valence-corrected chi connectivity index (χ4v) is 5.31. The topological polar surface area (TPSA) is 112 Å². The molecule has 3 rings (SSSR count). The van der Waals surface area contributed by atoms with Crippen LogP contribution in [0.3, 0.4) is 0 Å². The van der Waals surface area contributed by atoms with Gasteiger partial charge < -0.3 is 10.2 Å². The van der Waals surface area contributed by atoms with Crippen molar-refractivity contribution in [1.82, 2.24) is 20.4 Å². The molecule has 0 bridgehead atoms. The van der Waals surface area contributed by atoms with E-state index in [-0.39, 0.29) is 5.91 Å². The summed E-state index contributed by atoms with van der Waals surface area (Å²) >= 11 is 1.55. The van der Waals surface area contributed by atoms with E-state index in [1.807, 2.05) is 17.5 Å². The Bertz CT molecular complexity index is 881. The quantitative estimate of drug-likeness (QED) is 0.780. The first-order valence-electron chi connectivity index (χ1n) is 8.21. The zero-order valence-electron chi connectivity index (χ0n) is 14.3. The van der Waals surface area contributed by atoms with Gasteiger partial charge in [0.25, 0.3) is 5.91 Å². The minimum atomic E-state index is -3.50. The lowest BCUT2D eigenvalue weighted by atomic mass is 10.1. The van der Waals surface area contributed by atoms with E-state index >= 15 is 0 Å². The number of carbonyl (C=O) groups excluding carboxylic acids is 2. The Labute approximate surface area is 155 Å². The number of aromatic amines is 1. The van der Waals surface area contributed by atoms with E-state index in [0.717, 1.165) is 10.6 Å². The predicted octanol–water partition coefficient (Wildman–Crippen LogP) is 0.904. The number of aromatic nitrogens is 2. The molecule has 10 heteroatoms. The van der Waals surface area contributed by atoms with Crippen molar-refractivity contribution in [1.29, 1.82) is 0 Å². The van der Waals surface area contributed by atoms with Gasteiger partial charge in [0.1, 0.15) is 5.75 Å². The number of rotatable bonds is 5.